The average Bonchev–Trinajstić information content (AvgIpc) is 3.26. The van der Waals surface area contributed by atoms with Gasteiger partial charge in [-0.15, -0.1) is 0 Å². The molecule has 2 aromatic carbocycles. The number of morpholine rings is 1. The van der Waals surface area contributed by atoms with Gasteiger partial charge in [-0.25, -0.2) is 4.79 Å². The standard InChI is InChI=1S/C30H39N5O3/c1-22-9-8-12-24(21-22)31-30(37)33-28-29(36)35(16-15-34-17-19-38-20-18-34)26-14-7-6-13-25(26)27(32-28)23-10-4-2-3-5-11-23/h6-9,12-14,21,23,28H,2-5,10-11,15-20H2,1H3,(H2,31,33,37). The molecular weight excluding hydrogens is 478 g/mol. The van der Waals surface area contributed by atoms with Crippen LogP contribution in [0.4, 0.5) is 16.2 Å². The van der Waals surface area contributed by atoms with Gasteiger partial charge < -0.3 is 20.3 Å². The summed E-state index contributed by atoms with van der Waals surface area (Å²) in [5.74, 6) is 0.0727. The van der Waals surface area contributed by atoms with E-state index in [-0.39, 0.29) is 11.8 Å². The van der Waals surface area contributed by atoms with Crippen LogP contribution in [0.25, 0.3) is 0 Å². The predicted octanol–water partition coefficient (Wildman–Crippen LogP) is 4.58. The Hall–Kier alpha value is -3.23. The van der Waals surface area contributed by atoms with E-state index >= 15 is 0 Å². The van der Waals surface area contributed by atoms with Crippen molar-refractivity contribution in [3.8, 4) is 0 Å². The minimum absolute atomic E-state index is 0.200. The smallest absolute Gasteiger partial charge is 0.321 e. The van der Waals surface area contributed by atoms with Crippen molar-refractivity contribution in [2.75, 3.05) is 49.6 Å². The molecule has 0 spiro atoms. The largest absolute Gasteiger partial charge is 0.379 e. The number of carbonyl (C=O) groups is 2. The third-order valence-corrected chi connectivity index (χ3v) is 7.77. The topological polar surface area (TPSA) is 86.3 Å². The zero-order chi connectivity index (χ0) is 26.3. The summed E-state index contributed by atoms with van der Waals surface area (Å²) in [4.78, 5) is 36.3. The Morgan fingerprint density at radius 3 is 2.53 bits per heavy atom. The maximum Gasteiger partial charge on any atom is 0.321 e. The van der Waals surface area contributed by atoms with Crippen LogP contribution in [-0.4, -0.2) is 68.1 Å². The minimum Gasteiger partial charge on any atom is -0.379 e. The Bertz CT molecular complexity index is 1150. The second-order valence-electron chi connectivity index (χ2n) is 10.5. The van der Waals surface area contributed by atoms with Crippen LogP contribution in [0, 0.1) is 12.8 Å². The number of aryl methyl sites for hydroxylation is 1. The number of anilines is 2. The Morgan fingerprint density at radius 2 is 1.76 bits per heavy atom. The molecule has 1 atom stereocenters. The van der Waals surface area contributed by atoms with E-state index in [1.165, 1.54) is 12.8 Å². The van der Waals surface area contributed by atoms with Gasteiger partial charge in [-0.2, -0.15) is 0 Å². The number of hydrogen-bond donors (Lipinski definition) is 2. The molecule has 8 nitrogen and oxygen atoms in total. The first-order valence-corrected chi connectivity index (χ1v) is 14.0. The Balaban J connectivity index is 1.45. The second-order valence-corrected chi connectivity index (χ2v) is 10.5. The van der Waals surface area contributed by atoms with Crippen LogP contribution < -0.4 is 15.5 Å². The van der Waals surface area contributed by atoms with E-state index in [1.54, 1.807) is 0 Å². The molecule has 8 heteroatoms. The lowest BCUT2D eigenvalue weighted by molar-refractivity contribution is -0.120. The summed E-state index contributed by atoms with van der Waals surface area (Å²) in [6.07, 6.45) is 5.90. The molecule has 0 bridgehead atoms. The van der Waals surface area contributed by atoms with Gasteiger partial charge >= 0.3 is 6.03 Å². The zero-order valence-corrected chi connectivity index (χ0v) is 22.3. The SMILES string of the molecule is Cc1cccc(NC(=O)NC2N=C(C3CCCCCC3)c3ccccc3N(CCN3CCOCC3)C2=O)c1. The number of para-hydroxylation sites is 1. The predicted molar refractivity (Wildman–Crippen MR) is 151 cm³/mol. The lowest BCUT2D eigenvalue weighted by Crippen LogP contribution is -2.51. The van der Waals surface area contributed by atoms with Gasteiger partial charge in [0, 0.05) is 43.3 Å². The number of benzodiazepines with no additional fused rings is 1. The van der Waals surface area contributed by atoms with E-state index in [4.69, 9.17) is 9.73 Å². The molecule has 5 rings (SSSR count). The highest BCUT2D eigenvalue weighted by Gasteiger charge is 2.35. The summed E-state index contributed by atoms with van der Waals surface area (Å²) in [6, 6.07) is 15.3. The molecule has 1 saturated heterocycles. The lowest BCUT2D eigenvalue weighted by atomic mass is 9.89. The molecule has 38 heavy (non-hydrogen) atoms. The number of hydrogen-bond acceptors (Lipinski definition) is 5. The number of urea groups is 1. The highest BCUT2D eigenvalue weighted by molar-refractivity contribution is 6.14. The lowest BCUT2D eigenvalue weighted by Gasteiger charge is -2.31. The molecule has 1 saturated carbocycles. The van der Waals surface area contributed by atoms with E-state index in [2.05, 4.69) is 21.6 Å². The second kappa shape index (κ2) is 12.5. The van der Waals surface area contributed by atoms with Gasteiger partial charge in [-0.1, -0.05) is 56.0 Å². The molecule has 3 aliphatic rings. The van der Waals surface area contributed by atoms with Crippen LogP contribution in [0.2, 0.25) is 0 Å². The van der Waals surface area contributed by atoms with Crippen molar-refractivity contribution in [2.45, 2.75) is 51.6 Å². The summed E-state index contributed by atoms with van der Waals surface area (Å²) in [5.41, 5.74) is 4.58. The molecule has 2 N–H and O–H groups in total. The minimum atomic E-state index is -0.991. The third kappa shape index (κ3) is 6.42. The number of benzene rings is 2. The molecule has 2 fully saturated rings. The number of rotatable bonds is 6. The summed E-state index contributed by atoms with van der Waals surface area (Å²) in [5, 5.41) is 5.78. The fraction of sp³-hybridized carbons (Fsp3) is 0.500. The molecule has 2 aromatic rings. The van der Waals surface area contributed by atoms with Crippen molar-refractivity contribution >= 4 is 29.0 Å². The Kier molecular flexibility index (Phi) is 8.71. The maximum absolute atomic E-state index is 14.1. The number of fused-ring (bicyclic) bond motifs is 1. The van der Waals surface area contributed by atoms with Crippen molar-refractivity contribution in [3.63, 3.8) is 0 Å². The first-order chi connectivity index (χ1) is 18.6. The quantitative estimate of drug-likeness (QED) is 0.549. The van der Waals surface area contributed by atoms with Crippen molar-refractivity contribution in [1.82, 2.24) is 10.2 Å². The first-order valence-electron chi connectivity index (χ1n) is 14.0. The normalized spacial score (nSPS) is 21.2. The zero-order valence-electron chi connectivity index (χ0n) is 22.3. The Labute approximate surface area is 225 Å². The van der Waals surface area contributed by atoms with Crippen LogP contribution in [0.1, 0.15) is 49.7 Å². The summed E-state index contributed by atoms with van der Waals surface area (Å²) >= 11 is 0. The highest BCUT2D eigenvalue weighted by atomic mass is 16.5. The number of nitrogens with one attached hydrogen (secondary N) is 2. The number of carbonyl (C=O) groups excluding carboxylic acids is 2. The van der Waals surface area contributed by atoms with Gasteiger partial charge in [0.2, 0.25) is 6.17 Å². The van der Waals surface area contributed by atoms with Crippen molar-refractivity contribution < 1.29 is 14.3 Å². The average molecular weight is 518 g/mol. The van der Waals surface area contributed by atoms with Crippen molar-refractivity contribution in [3.05, 3.63) is 59.7 Å². The third-order valence-electron chi connectivity index (χ3n) is 7.77. The summed E-state index contributed by atoms with van der Waals surface area (Å²) < 4.78 is 5.50. The van der Waals surface area contributed by atoms with Crippen LogP contribution >= 0.6 is 0 Å². The van der Waals surface area contributed by atoms with Gasteiger partial charge in [0.05, 0.1) is 24.6 Å². The fourth-order valence-electron chi connectivity index (χ4n) is 5.74. The molecule has 202 valence electrons. The molecule has 2 heterocycles. The van der Waals surface area contributed by atoms with Crippen LogP contribution in [-0.2, 0) is 9.53 Å². The molecule has 1 unspecified atom stereocenters. The number of ether oxygens (including phenoxy) is 1. The van der Waals surface area contributed by atoms with Gasteiger partial charge in [-0.3, -0.25) is 14.7 Å². The molecule has 0 radical (unpaired) electrons. The molecular formula is C30H39N5O3. The van der Waals surface area contributed by atoms with Crippen molar-refractivity contribution in [2.24, 2.45) is 10.9 Å². The summed E-state index contributed by atoms with van der Waals surface area (Å²) in [6.45, 7) is 6.38. The van der Waals surface area contributed by atoms with E-state index in [0.29, 0.717) is 25.4 Å². The first kappa shape index (κ1) is 26.4. The molecule has 2 aliphatic heterocycles. The Morgan fingerprint density at radius 1 is 1.00 bits per heavy atom. The number of nitrogens with zero attached hydrogens (tertiary/aromatic N) is 3. The van der Waals surface area contributed by atoms with Gasteiger partial charge in [0.15, 0.2) is 0 Å². The van der Waals surface area contributed by atoms with Crippen LogP contribution in [0.15, 0.2) is 53.5 Å². The van der Waals surface area contributed by atoms with E-state index in [1.807, 2.05) is 54.3 Å². The monoisotopic (exact) mass is 517 g/mol. The van der Waals surface area contributed by atoms with Crippen molar-refractivity contribution in [1.29, 1.82) is 0 Å². The maximum atomic E-state index is 14.1. The van der Waals surface area contributed by atoms with Gasteiger partial charge in [0.1, 0.15) is 0 Å². The van der Waals surface area contributed by atoms with E-state index in [0.717, 1.165) is 67.8 Å². The van der Waals surface area contributed by atoms with E-state index < -0.39 is 12.2 Å². The van der Waals surface area contributed by atoms with Gasteiger partial charge in [0.25, 0.3) is 5.91 Å². The molecule has 0 aromatic heterocycles. The van der Waals surface area contributed by atoms with Crippen LogP contribution in [0.5, 0.6) is 0 Å². The number of amides is 3. The molecule has 1 aliphatic carbocycles. The van der Waals surface area contributed by atoms with Gasteiger partial charge in [-0.05, 0) is 43.5 Å². The fourth-order valence-corrected chi connectivity index (χ4v) is 5.74. The number of aliphatic imine (C=N–C) groups is 1. The van der Waals surface area contributed by atoms with Crippen LogP contribution in [0.3, 0.4) is 0 Å². The highest BCUT2D eigenvalue weighted by Crippen LogP contribution is 2.33. The molecule has 3 amide bonds. The van der Waals surface area contributed by atoms with E-state index in [9.17, 15) is 9.59 Å². The summed E-state index contributed by atoms with van der Waals surface area (Å²) in [7, 11) is 0.